The van der Waals surface area contributed by atoms with Crippen molar-refractivity contribution in [2.24, 2.45) is 5.92 Å². The minimum Gasteiger partial charge on any atom is -0.322 e. The van der Waals surface area contributed by atoms with Gasteiger partial charge in [-0.25, -0.2) is 0 Å². The highest BCUT2D eigenvalue weighted by Gasteiger charge is 2.35. The smallest absolute Gasteiger partial charge is 0.322 e. The fraction of sp³-hybridized carbons (Fsp3) is 0.375. The molecular formula is C32H33F3N6O2. The van der Waals surface area contributed by atoms with Gasteiger partial charge in [0.2, 0.25) is 5.91 Å². The summed E-state index contributed by atoms with van der Waals surface area (Å²) in [6, 6.07) is 12.4. The van der Waals surface area contributed by atoms with Crippen LogP contribution >= 0.6 is 0 Å². The van der Waals surface area contributed by atoms with Crippen molar-refractivity contribution in [3.63, 3.8) is 0 Å². The molecule has 1 saturated carbocycles. The van der Waals surface area contributed by atoms with Gasteiger partial charge in [0.05, 0.1) is 5.56 Å². The third-order valence-corrected chi connectivity index (χ3v) is 7.73. The number of amides is 2. The number of rotatable bonds is 7. The third kappa shape index (κ3) is 7.77. The monoisotopic (exact) mass is 590 g/mol. The molecule has 1 aliphatic carbocycles. The zero-order chi connectivity index (χ0) is 30.7. The molecule has 0 radical (unpaired) electrons. The van der Waals surface area contributed by atoms with Gasteiger partial charge in [0.25, 0.3) is 5.91 Å². The molecule has 2 amide bonds. The second kappa shape index (κ2) is 12.5. The van der Waals surface area contributed by atoms with Gasteiger partial charge in [-0.2, -0.15) is 13.2 Å². The van der Waals surface area contributed by atoms with Crippen molar-refractivity contribution in [2.75, 3.05) is 37.8 Å². The molecular weight excluding hydrogens is 557 g/mol. The first-order valence-electron chi connectivity index (χ1n) is 14.1. The summed E-state index contributed by atoms with van der Waals surface area (Å²) in [5.74, 6) is 5.68. The Bertz CT molecular complexity index is 1570. The Balaban J connectivity index is 1.27. The molecule has 1 atom stereocenters. The lowest BCUT2D eigenvalue weighted by atomic mass is 10.0. The molecule has 2 aliphatic rings. The zero-order valence-corrected chi connectivity index (χ0v) is 24.3. The van der Waals surface area contributed by atoms with Gasteiger partial charge in [0.1, 0.15) is 5.69 Å². The number of aryl methyl sites for hydroxylation is 1. The maximum atomic E-state index is 14.0. The van der Waals surface area contributed by atoms with Gasteiger partial charge in [-0.1, -0.05) is 18.1 Å². The number of carbonyl (C=O) groups is 2. The van der Waals surface area contributed by atoms with Crippen molar-refractivity contribution in [1.29, 1.82) is 0 Å². The van der Waals surface area contributed by atoms with Crippen LogP contribution in [0.15, 0.2) is 48.5 Å². The number of nitrogens with one attached hydrogen (secondary N) is 2. The maximum absolute atomic E-state index is 14.0. The summed E-state index contributed by atoms with van der Waals surface area (Å²) in [6.45, 7) is 3.46. The summed E-state index contributed by atoms with van der Waals surface area (Å²) < 4.78 is 42.1. The fourth-order valence-electron chi connectivity index (χ4n) is 4.95. The molecule has 1 aromatic heterocycles. The molecule has 11 heteroatoms. The number of benzene rings is 2. The van der Waals surface area contributed by atoms with E-state index in [0.717, 1.165) is 37.4 Å². The highest BCUT2D eigenvalue weighted by Crippen LogP contribution is 2.35. The molecule has 2 aromatic carbocycles. The first-order chi connectivity index (χ1) is 20.5. The SMILES string of the molecule is Cc1ccc(C(=O)Nc2ccc(CN3CCC(N(C)C)C3)c(C(F)(F)F)c2)cc1C#Cc1ccc(NC(=O)C2CC2)nn1. The van der Waals surface area contributed by atoms with Gasteiger partial charge < -0.3 is 15.5 Å². The normalized spacial score (nSPS) is 17.0. The van der Waals surface area contributed by atoms with Crippen molar-refractivity contribution in [1.82, 2.24) is 20.0 Å². The van der Waals surface area contributed by atoms with Crippen molar-refractivity contribution < 1.29 is 22.8 Å². The lowest BCUT2D eigenvalue weighted by Crippen LogP contribution is -2.31. The van der Waals surface area contributed by atoms with Gasteiger partial charge in [-0.05, 0) is 93.7 Å². The predicted octanol–water partition coefficient (Wildman–Crippen LogP) is 4.94. The number of halogens is 3. The average molecular weight is 591 g/mol. The number of likely N-dealkylation sites (N-methyl/N-ethyl adjacent to an activating group) is 1. The number of nitrogens with zero attached hydrogens (tertiary/aromatic N) is 4. The topological polar surface area (TPSA) is 90.5 Å². The van der Waals surface area contributed by atoms with E-state index in [9.17, 15) is 22.8 Å². The Hall–Kier alpha value is -4.27. The third-order valence-electron chi connectivity index (χ3n) is 7.73. The van der Waals surface area contributed by atoms with Crippen LogP contribution in [0.2, 0.25) is 0 Å². The minimum absolute atomic E-state index is 0.0519. The summed E-state index contributed by atoms with van der Waals surface area (Å²) in [5.41, 5.74) is 1.49. The van der Waals surface area contributed by atoms with E-state index < -0.39 is 17.6 Å². The second-order valence-corrected chi connectivity index (χ2v) is 11.3. The van der Waals surface area contributed by atoms with E-state index in [0.29, 0.717) is 29.7 Å². The van der Waals surface area contributed by atoms with E-state index in [-0.39, 0.29) is 35.2 Å². The summed E-state index contributed by atoms with van der Waals surface area (Å²) in [7, 11) is 3.95. The quantitative estimate of drug-likeness (QED) is 0.379. The van der Waals surface area contributed by atoms with Crippen LogP contribution in [-0.4, -0.2) is 65.0 Å². The lowest BCUT2D eigenvalue weighted by Gasteiger charge is -2.22. The van der Waals surface area contributed by atoms with E-state index in [1.54, 1.807) is 30.3 Å². The largest absolute Gasteiger partial charge is 0.416 e. The van der Waals surface area contributed by atoms with Gasteiger partial charge >= 0.3 is 6.18 Å². The van der Waals surface area contributed by atoms with Crippen molar-refractivity contribution in [2.45, 2.75) is 44.9 Å². The van der Waals surface area contributed by atoms with Crippen LogP contribution in [0, 0.1) is 24.7 Å². The second-order valence-electron chi connectivity index (χ2n) is 11.3. The number of hydrogen-bond acceptors (Lipinski definition) is 6. The van der Waals surface area contributed by atoms with Crippen LogP contribution in [0.5, 0.6) is 0 Å². The number of likely N-dealkylation sites (tertiary alicyclic amines) is 1. The van der Waals surface area contributed by atoms with Crippen LogP contribution in [0.25, 0.3) is 0 Å². The van der Waals surface area contributed by atoms with E-state index in [1.165, 1.54) is 12.1 Å². The van der Waals surface area contributed by atoms with Crippen molar-refractivity contribution in [3.05, 3.63) is 82.0 Å². The Morgan fingerprint density at radius 2 is 1.79 bits per heavy atom. The Labute approximate surface area is 248 Å². The van der Waals surface area contributed by atoms with Gasteiger partial charge in [-0.3, -0.25) is 14.5 Å². The summed E-state index contributed by atoms with van der Waals surface area (Å²) in [4.78, 5) is 29.0. The average Bonchev–Trinajstić information content (AvgIpc) is 3.72. The first kappa shape index (κ1) is 30.2. The van der Waals surface area contributed by atoms with Crippen molar-refractivity contribution >= 4 is 23.3 Å². The molecule has 1 aliphatic heterocycles. The van der Waals surface area contributed by atoms with Crippen LogP contribution in [0.1, 0.15) is 57.6 Å². The molecule has 224 valence electrons. The summed E-state index contributed by atoms with van der Waals surface area (Å²) >= 11 is 0. The Kier molecular flexibility index (Phi) is 8.80. The zero-order valence-electron chi connectivity index (χ0n) is 24.3. The van der Waals surface area contributed by atoms with Crippen molar-refractivity contribution in [3.8, 4) is 11.8 Å². The molecule has 8 nitrogen and oxygen atoms in total. The molecule has 0 bridgehead atoms. The van der Waals surface area contributed by atoms with Crippen LogP contribution < -0.4 is 10.6 Å². The standard InChI is InChI=1S/C32H33F3N6O2/c1-20-4-5-23(16-22(20)8-10-25-12-13-29(39-38-25)37-30(42)21-6-7-21)31(43)36-26-11-9-24(28(17-26)32(33,34)35)18-41-15-14-27(19-41)40(2)3/h4-5,9,11-13,16-17,21,27H,6-7,14-15,18-19H2,1-3H3,(H,36,43)(H,37,39,42). The van der Waals surface area contributed by atoms with Gasteiger partial charge in [0.15, 0.2) is 5.82 Å². The minimum atomic E-state index is -4.56. The van der Waals surface area contributed by atoms with E-state index in [4.69, 9.17) is 0 Å². The Morgan fingerprint density at radius 3 is 2.44 bits per heavy atom. The molecule has 43 heavy (non-hydrogen) atoms. The number of carbonyl (C=O) groups excluding carboxylic acids is 2. The number of anilines is 2. The molecule has 2 fully saturated rings. The predicted molar refractivity (Wildman–Crippen MR) is 157 cm³/mol. The molecule has 3 aromatic rings. The number of hydrogen-bond donors (Lipinski definition) is 2. The summed E-state index contributed by atoms with van der Waals surface area (Å²) in [6.07, 6.45) is -1.88. The highest BCUT2D eigenvalue weighted by atomic mass is 19.4. The first-order valence-corrected chi connectivity index (χ1v) is 14.1. The number of alkyl halides is 3. The van der Waals surface area contributed by atoms with Crippen LogP contribution in [0.3, 0.4) is 0 Å². The molecule has 5 rings (SSSR count). The molecule has 1 saturated heterocycles. The molecule has 2 N–H and O–H groups in total. The summed E-state index contributed by atoms with van der Waals surface area (Å²) in [5, 5.41) is 13.3. The van der Waals surface area contributed by atoms with Crippen LogP contribution in [-0.2, 0) is 17.5 Å². The lowest BCUT2D eigenvalue weighted by molar-refractivity contribution is -0.138. The van der Waals surface area contributed by atoms with E-state index in [1.807, 2.05) is 25.9 Å². The van der Waals surface area contributed by atoms with E-state index >= 15 is 0 Å². The van der Waals surface area contributed by atoms with Gasteiger partial charge in [-0.15, -0.1) is 10.2 Å². The molecule has 2 heterocycles. The maximum Gasteiger partial charge on any atom is 0.416 e. The molecule has 1 unspecified atom stereocenters. The highest BCUT2D eigenvalue weighted by molar-refractivity contribution is 6.04. The number of aromatic nitrogens is 2. The Morgan fingerprint density at radius 1 is 1.00 bits per heavy atom. The van der Waals surface area contributed by atoms with Gasteiger partial charge in [0, 0.05) is 48.4 Å². The van der Waals surface area contributed by atoms with Crippen LogP contribution in [0.4, 0.5) is 24.7 Å². The van der Waals surface area contributed by atoms with E-state index in [2.05, 4.69) is 37.6 Å². The molecule has 0 spiro atoms. The fourth-order valence-corrected chi connectivity index (χ4v) is 4.95.